The van der Waals surface area contributed by atoms with E-state index in [9.17, 15) is 4.79 Å². The second-order valence-electron chi connectivity index (χ2n) is 2.56. The predicted molar refractivity (Wildman–Crippen MR) is 45.5 cm³/mol. The van der Waals surface area contributed by atoms with E-state index >= 15 is 0 Å². The third kappa shape index (κ3) is 5.80. The molecule has 0 spiro atoms. The third-order valence-corrected chi connectivity index (χ3v) is 1.48. The molecular formula is C9H16O2. The first-order valence-electron chi connectivity index (χ1n) is 3.94. The first kappa shape index (κ1) is 10.4. The Balaban J connectivity index is 3.37. The van der Waals surface area contributed by atoms with E-state index in [2.05, 4.69) is 6.58 Å². The molecule has 2 heteroatoms. The summed E-state index contributed by atoms with van der Waals surface area (Å²) in [5.41, 5.74) is 0. The van der Waals surface area contributed by atoms with Crippen LogP contribution in [0.2, 0.25) is 0 Å². The van der Waals surface area contributed by atoms with Gasteiger partial charge in [-0.1, -0.05) is 13.0 Å². The molecule has 0 amide bonds. The van der Waals surface area contributed by atoms with Gasteiger partial charge in [-0.3, -0.25) is 4.79 Å². The second kappa shape index (κ2) is 6.10. The molecule has 0 saturated heterocycles. The molecule has 0 aromatic rings. The highest BCUT2D eigenvalue weighted by Gasteiger charge is 2.02. The van der Waals surface area contributed by atoms with Crippen LogP contribution in [0.15, 0.2) is 12.7 Å². The smallest absolute Gasteiger partial charge is 0.162 e. The van der Waals surface area contributed by atoms with Crippen LogP contribution in [0.5, 0.6) is 0 Å². The quantitative estimate of drug-likeness (QED) is 0.549. The first-order chi connectivity index (χ1) is 5.20. The molecule has 0 aliphatic rings. The lowest BCUT2D eigenvalue weighted by Crippen LogP contribution is -2.14. The van der Waals surface area contributed by atoms with Gasteiger partial charge in [0.05, 0.1) is 6.10 Å². The molecule has 0 aromatic heterocycles. The molecule has 0 aromatic carbocycles. The van der Waals surface area contributed by atoms with E-state index in [1.807, 2.05) is 13.8 Å². The third-order valence-electron chi connectivity index (χ3n) is 1.48. The molecule has 1 atom stereocenters. The SMILES string of the molecule is C=CCC(=O)COC(C)CC. The lowest BCUT2D eigenvalue weighted by atomic mass is 10.3. The Kier molecular flexibility index (Phi) is 5.75. The van der Waals surface area contributed by atoms with Crippen molar-refractivity contribution < 1.29 is 9.53 Å². The number of ketones is 1. The summed E-state index contributed by atoms with van der Waals surface area (Å²) in [5.74, 6) is 0.0975. The van der Waals surface area contributed by atoms with Crippen molar-refractivity contribution in [2.24, 2.45) is 0 Å². The van der Waals surface area contributed by atoms with E-state index in [4.69, 9.17) is 4.74 Å². The fraction of sp³-hybridized carbons (Fsp3) is 0.667. The Morgan fingerprint density at radius 3 is 2.82 bits per heavy atom. The molecule has 0 rings (SSSR count). The molecule has 0 heterocycles. The van der Waals surface area contributed by atoms with Crippen LogP contribution in [0, 0.1) is 0 Å². The maximum atomic E-state index is 10.9. The van der Waals surface area contributed by atoms with Crippen LogP contribution in [0.4, 0.5) is 0 Å². The topological polar surface area (TPSA) is 26.3 Å². The van der Waals surface area contributed by atoms with Gasteiger partial charge in [-0.05, 0) is 13.3 Å². The Morgan fingerprint density at radius 2 is 2.36 bits per heavy atom. The highest BCUT2D eigenvalue weighted by molar-refractivity contribution is 5.80. The van der Waals surface area contributed by atoms with Gasteiger partial charge in [-0.25, -0.2) is 0 Å². The van der Waals surface area contributed by atoms with Gasteiger partial charge in [-0.2, -0.15) is 0 Å². The fourth-order valence-electron chi connectivity index (χ4n) is 0.573. The number of Topliss-reactive ketones (excluding diaryl/α,β-unsaturated/α-hetero) is 1. The van der Waals surface area contributed by atoms with Gasteiger partial charge >= 0.3 is 0 Å². The summed E-state index contributed by atoms with van der Waals surface area (Å²) >= 11 is 0. The lowest BCUT2D eigenvalue weighted by Gasteiger charge is -2.08. The number of hydrogen-bond acceptors (Lipinski definition) is 2. The molecule has 0 bridgehead atoms. The highest BCUT2D eigenvalue weighted by atomic mass is 16.5. The van der Waals surface area contributed by atoms with E-state index in [1.165, 1.54) is 0 Å². The summed E-state index contributed by atoms with van der Waals surface area (Å²) in [7, 11) is 0. The number of carbonyl (C=O) groups excluding carboxylic acids is 1. The molecule has 0 saturated carbocycles. The van der Waals surface area contributed by atoms with Crippen LogP contribution in [0.3, 0.4) is 0 Å². The van der Waals surface area contributed by atoms with Crippen LogP contribution in [-0.4, -0.2) is 18.5 Å². The number of rotatable bonds is 6. The zero-order valence-corrected chi connectivity index (χ0v) is 7.30. The maximum absolute atomic E-state index is 10.9. The zero-order valence-electron chi connectivity index (χ0n) is 7.30. The minimum Gasteiger partial charge on any atom is -0.371 e. The number of carbonyl (C=O) groups is 1. The Labute approximate surface area is 68.2 Å². The summed E-state index contributed by atoms with van der Waals surface area (Å²) in [6.07, 6.45) is 3.14. The van der Waals surface area contributed by atoms with Gasteiger partial charge in [-0.15, -0.1) is 6.58 Å². The largest absolute Gasteiger partial charge is 0.371 e. The van der Waals surface area contributed by atoms with Crippen LogP contribution in [0.25, 0.3) is 0 Å². The van der Waals surface area contributed by atoms with Gasteiger partial charge in [0.2, 0.25) is 0 Å². The second-order valence-corrected chi connectivity index (χ2v) is 2.56. The van der Waals surface area contributed by atoms with Gasteiger partial charge < -0.3 is 4.74 Å². The van der Waals surface area contributed by atoms with Gasteiger partial charge in [0.25, 0.3) is 0 Å². The van der Waals surface area contributed by atoms with Gasteiger partial charge in [0.1, 0.15) is 6.61 Å². The van der Waals surface area contributed by atoms with E-state index in [0.29, 0.717) is 6.42 Å². The fourth-order valence-corrected chi connectivity index (χ4v) is 0.573. The summed E-state index contributed by atoms with van der Waals surface area (Å²) in [6, 6.07) is 0. The monoisotopic (exact) mass is 156 g/mol. The van der Waals surface area contributed by atoms with Crippen LogP contribution in [0.1, 0.15) is 26.7 Å². The summed E-state index contributed by atoms with van der Waals surface area (Å²) in [6.45, 7) is 7.68. The molecule has 0 N–H and O–H groups in total. The predicted octanol–water partition coefficient (Wildman–Crippen LogP) is 1.95. The molecule has 11 heavy (non-hydrogen) atoms. The Bertz CT molecular complexity index is 130. The summed E-state index contributed by atoms with van der Waals surface area (Å²) in [4.78, 5) is 10.9. The molecule has 0 aliphatic carbocycles. The number of ether oxygens (including phenoxy) is 1. The van der Waals surface area contributed by atoms with Crippen molar-refractivity contribution in [3.63, 3.8) is 0 Å². The molecule has 64 valence electrons. The molecular weight excluding hydrogens is 140 g/mol. The minimum atomic E-state index is 0.0975. The van der Waals surface area contributed by atoms with Crippen molar-refractivity contribution in [2.45, 2.75) is 32.8 Å². The number of hydrogen-bond donors (Lipinski definition) is 0. The van der Waals surface area contributed by atoms with Gasteiger partial charge in [0.15, 0.2) is 5.78 Å². The van der Waals surface area contributed by atoms with E-state index in [0.717, 1.165) is 6.42 Å². The van der Waals surface area contributed by atoms with Crippen LogP contribution in [-0.2, 0) is 9.53 Å². The van der Waals surface area contributed by atoms with Gasteiger partial charge in [0, 0.05) is 6.42 Å². The summed E-state index contributed by atoms with van der Waals surface area (Å²) in [5, 5.41) is 0. The van der Waals surface area contributed by atoms with Crippen LogP contribution < -0.4 is 0 Å². The average Bonchev–Trinajstić information content (AvgIpc) is 2.01. The van der Waals surface area contributed by atoms with Crippen molar-refractivity contribution in [1.29, 1.82) is 0 Å². The average molecular weight is 156 g/mol. The Hall–Kier alpha value is -0.630. The van der Waals surface area contributed by atoms with Crippen molar-refractivity contribution in [1.82, 2.24) is 0 Å². The molecule has 0 radical (unpaired) electrons. The van der Waals surface area contributed by atoms with Crippen molar-refractivity contribution >= 4 is 5.78 Å². The van der Waals surface area contributed by atoms with Crippen molar-refractivity contribution in [3.05, 3.63) is 12.7 Å². The molecule has 2 nitrogen and oxygen atoms in total. The van der Waals surface area contributed by atoms with Crippen molar-refractivity contribution in [2.75, 3.05) is 6.61 Å². The summed E-state index contributed by atoms with van der Waals surface area (Å²) < 4.78 is 5.21. The number of allylic oxidation sites excluding steroid dienone is 1. The van der Waals surface area contributed by atoms with E-state index in [-0.39, 0.29) is 18.5 Å². The highest BCUT2D eigenvalue weighted by Crippen LogP contribution is 1.96. The van der Waals surface area contributed by atoms with E-state index in [1.54, 1.807) is 6.08 Å². The first-order valence-corrected chi connectivity index (χ1v) is 3.94. The van der Waals surface area contributed by atoms with E-state index < -0.39 is 0 Å². The zero-order chi connectivity index (χ0) is 8.69. The lowest BCUT2D eigenvalue weighted by molar-refractivity contribution is -0.124. The molecule has 0 fully saturated rings. The standard InChI is InChI=1S/C9H16O2/c1-4-6-9(10)7-11-8(3)5-2/h4,8H,1,5-7H2,2-3H3. The minimum absolute atomic E-state index is 0.0975. The van der Waals surface area contributed by atoms with Crippen molar-refractivity contribution in [3.8, 4) is 0 Å². The maximum Gasteiger partial charge on any atom is 0.162 e. The molecule has 0 aliphatic heterocycles. The Morgan fingerprint density at radius 1 is 1.73 bits per heavy atom. The normalized spacial score (nSPS) is 12.5. The van der Waals surface area contributed by atoms with Crippen LogP contribution >= 0.6 is 0 Å². The molecule has 1 unspecified atom stereocenters.